The van der Waals surface area contributed by atoms with Crippen molar-refractivity contribution < 1.29 is 56.3 Å². The van der Waals surface area contributed by atoms with E-state index in [0.29, 0.717) is 0 Å². The first-order valence-corrected chi connectivity index (χ1v) is 12.2. The highest BCUT2D eigenvalue weighted by Crippen LogP contribution is 2.66. The van der Waals surface area contributed by atoms with Crippen molar-refractivity contribution in [3.8, 4) is 0 Å². The molecule has 2 unspecified atom stereocenters. The van der Waals surface area contributed by atoms with Crippen molar-refractivity contribution in [2.75, 3.05) is 6.61 Å². The van der Waals surface area contributed by atoms with E-state index < -0.39 is 59.8 Å². The second-order valence-corrected chi connectivity index (χ2v) is 10.4. The maximum Gasteiger partial charge on any atom is 0.490 e. The van der Waals surface area contributed by atoms with Crippen molar-refractivity contribution in [1.82, 2.24) is 9.55 Å². The van der Waals surface area contributed by atoms with Gasteiger partial charge >= 0.3 is 29.2 Å². The molecule has 20 heteroatoms. The molecule has 2 heterocycles. The summed E-state index contributed by atoms with van der Waals surface area (Å²) < 4.78 is 51.1. The fourth-order valence-corrected chi connectivity index (χ4v) is 5.41. The Balaban J connectivity index is 2.03. The number of aromatic nitrogens is 2. The molecule has 1 aromatic heterocycles. The minimum atomic E-state index is -5.68. The summed E-state index contributed by atoms with van der Waals surface area (Å²) in [5.74, 6) is 0. The summed E-state index contributed by atoms with van der Waals surface area (Å²) in [6.45, 7) is -0.896. The van der Waals surface area contributed by atoms with E-state index in [1.54, 1.807) is 0 Å². The van der Waals surface area contributed by atoms with Crippen LogP contribution in [-0.4, -0.2) is 53.0 Å². The third-order valence-corrected chi connectivity index (χ3v) is 7.40. The van der Waals surface area contributed by atoms with Gasteiger partial charge in [0.25, 0.3) is 5.56 Å². The number of H-pyrrole nitrogens is 1. The lowest BCUT2D eigenvalue weighted by Crippen LogP contribution is -2.33. The zero-order chi connectivity index (χ0) is 22.2. The largest absolute Gasteiger partial charge is 0.490 e. The Morgan fingerprint density at radius 2 is 1.79 bits per heavy atom. The molecule has 0 amide bonds. The van der Waals surface area contributed by atoms with Gasteiger partial charge in [0.1, 0.15) is 12.3 Å². The molecule has 0 saturated carbocycles. The van der Waals surface area contributed by atoms with Gasteiger partial charge in [-0.1, -0.05) is 0 Å². The molecule has 1 aromatic rings. The molecule has 2 rings (SSSR count). The van der Waals surface area contributed by atoms with Gasteiger partial charge in [-0.2, -0.15) is 8.62 Å². The maximum atomic E-state index is 11.8. The van der Waals surface area contributed by atoms with Crippen LogP contribution in [0.15, 0.2) is 20.7 Å². The van der Waals surface area contributed by atoms with Crippen molar-refractivity contribution in [2.24, 2.45) is 0 Å². The number of aromatic amines is 1. The molecular formula is C9H15N2O14P3S. The first-order chi connectivity index (χ1) is 13.1. The summed E-state index contributed by atoms with van der Waals surface area (Å²) in [6, 6.07) is 0. The van der Waals surface area contributed by atoms with Gasteiger partial charge in [-0.25, -0.2) is 18.5 Å². The number of nitrogens with zero attached hydrogens (tertiary/aromatic N) is 1. The summed E-state index contributed by atoms with van der Waals surface area (Å²) >= 11 is 3.85. The third-order valence-electron chi connectivity index (χ3n) is 3.28. The Morgan fingerprint density at radius 3 is 2.38 bits per heavy atom. The Hall–Kier alpha value is -0.640. The average Bonchev–Trinajstić information content (AvgIpc) is 2.86. The molecule has 1 fully saturated rings. The number of phosphoric ester groups is 1. The quantitative estimate of drug-likeness (QED) is 0.164. The van der Waals surface area contributed by atoms with Crippen molar-refractivity contribution in [3.05, 3.63) is 27.0 Å². The number of thiol groups is 1. The molecule has 1 saturated heterocycles. The second kappa shape index (κ2) is 8.85. The lowest BCUT2D eigenvalue weighted by atomic mass is 10.2. The molecule has 1 aliphatic rings. The van der Waals surface area contributed by atoms with Crippen molar-refractivity contribution in [2.45, 2.75) is 29.8 Å². The van der Waals surface area contributed by atoms with Gasteiger partial charge in [-0.05, 0) is 0 Å². The minimum Gasteiger partial charge on any atom is -0.390 e. The van der Waals surface area contributed by atoms with E-state index in [0.717, 1.165) is 10.8 Å². The highest BCUT2D eigenvalue weighted by molar-refractivity contribution is 7.80. The van der Waals surface area contributed by atoms with Crippen LogP contribution in [0.25, 0.3) is 0 Å². The predicted octanol–water partition coefficient (Wildman–Crippen LogP) is -1.18. The van der Waals surface area contributed by atoms with Gasteiger partial charge < -0.3 is 29.4 Å². The summed E-state index contributed by atoms with van der Waals surface area (Å²) in [5.41, 5.74) is -1.63. The van der Waals surface area contributed by atoms with Gasteiger partial charge in [0, 0.05) is 12.6 Å². The van der Waals surface area contributed by atoms with Crippen LogP contribution in [0.5, 0.6) is 0 Å². The van der Waals surface area contributed by atoms with E-state index >= 15 is 0 Å². The monoisotopic (exact) mass is 500 g/mol. The number of aliphatic hydroxyl groups is 1. The number of ether oxygens (including phenoxy) is 1. The molecule has 5 atom stereocenters. The summed E-state index contributed by atoms with van der Waals surface area (Å²) in [6.07, 6.45) is -2.94. The first kappa shape index (κ1) is 24.6. The van der Waals surface area contributed by atoms with E-state index in [-0.39, 0.29) is 11.3 Å². The molecule has 166 valence electrons. The Kier molecular flexibility index (Phi) is 7.51. The van der Waals surface area contributed by atoms with E-state index in [9.17, 15) is 33.3 Å². The predicted molar refractivity (Wildman–Crippen MR) is 92.9 cm³/mol. The molecule has 0 radical (unpaired) electrons. The van der Waals surface area contributed by atoms with Crippen LogP contribution >= 0.6 is 36.1 Å². The molecule has 0 aliphatic carbocycles. The molecule has 0 bridgehead atoms. The van der Waals surface area contributed by atoms with Gasteiger partial charge in [0.15, 0.2) is 0 Å². The van der Waals surface area contributed by atoms with Gasteiger partial charge in [0.05, 0.1) is 17.6 Å². The molecule has 29 heavy (non-hydrogen) atoms. The molecular weight excluding hydrogens is 485 g/mol. The van der Waals surface area contributed by atoms with Crippen LogP contribution in [-0.2, 0) is 31.6 Å². The third kappa shape index (κ3) is 7.22. The average molecular weight is 500 g/mol. The van der Waals surface area contributed by atoms with Crippen LogP contribution in [0, 0.1) is 0 Å². The molecule has 0 spiro atoms. The Labute approximate surface area is 165 Å². The number of phosphoric acid groups is 3. The fourth-order valence-electron chi connectivity index (χ4n) is 2.20. The standard InChI is InChI=1S/C9H15N2O14P3S/c12-4-1-7(11-2-6(29)8(13)10-9(11)14)23-5(4)3-22-27(18,19)25-28(20,21)24-26(15,16)17/h2,4-5,7,12,29H,1,3H2,(H,18,19)(H,20,21)(H,10,13,14)(H2,15,16,17)/t4-,5+,7+/m0/s1. The first-order valence-electron chi connectivity index (χ1n) is 7.25. The SMILES string of the molecule is O=c1[nH]c(=O)n([C@H]2C[C@H](O)[C@@H](COP(=O)(O)OP(=O)(O)OP(=O)(O)O)O2)cc1S. The van der Waals surface area contributed by atoms with E-state index in [4.69, 9.17) is 19.4 Å². The van der Waals surface area contributed by atoms with Crippen molar-refractivity contribution in [3.63, 3.8) is 0 Å². The maximum absolute atomic E-state index is 11.8. The van der Waals surface area contributed by atoms with Crippen molar-refractivity contribution >= 4 is 36.1 Å². The summed E-state index contributed by atoms with van der Waals surface area (Å²) in [5, 5.41) is 9.96. The highest BCUT2D eigenvalue weighted by Gasteiger charge is 2.42. The van der Waals surface area contributed by atoms with Crippen LogP contribution in [0.4, 0.5) is 0 Å². The smallest absolute Gasteiger partial charge is 0.390 e. The fraction of sp³-hybridized carbons (Fsp3) is 0.556. The van der Waals surface area contributed by atoms with Crippen LogP contribution in [0.1, 0.15) is 12.6 Å². The van der Waals surface area contributed by atoms with Crippen LogP contribution in [0.3, 0.4) is 0 Å². The summed E-state index contributed by atoms with van der Waals surface area (Å²) in [4.78, 5) is 60.3. The topological polar surface area (TPSA) is 244 Å². The lowest BCUT2D eigenvalue weighted by molar-refractivity contribution is -0.0452. The van der Waals surface area contributed by atoms with Gasteiger partial charge in [0.2, 0.25) is 0 Å². The minimum absolute atomic E-state index is 0.126. The Bertz CT molecular complexity index is 1020. The molecule has 1 aliphatic heterocycles. The zero-order valence-corrected chi connectivity index (χ0v) is 17.4. The number of hydrogen-bond donors (Lipinski definition) is 7. The highest BCUT2D eigenvalue weighted by atomic mass is 32.1. The van der Waals surface area contributed by atoms with Gasteiger partial charge in [-0.3, -0.25) is 18.9 Å². The molecule has 6 N–H and O–H groups in total. The number of nitrogens with one attached hydrogen (secondary N) is 1. The number of rotatable bonds is 8. The normalized spacial score (nSPS) is 26.8. The number of hydrogen-bond acceptors (Lipinski definition) is 11. The van der Waals surface area contributed by atoms with Crippen LogP contribution in [0.2, 0.25) is 0 Å². The van der Waals surface area contributed by atoms with Crippen molar-refractivity contribution in [1.29, 1.82) is 0 Å². The van der Waals surface area contributed by atoms with E-state index in [1.165, 1.54) is 0 Å². The second-order valence-electron chi connectivity index (χ2n) is 5.50. The number of aliphatic hydroxyl groups excluding tert-OH is 1. The molecule has 16 nitrogen and oxygen atoms in total. The Morgan fingerprint density at radius 1 is 1.17 bits per heavy atom. The van der Waals surface area contributed by atoms with Gasteiger partial charge in [-0.15, -0.1) is 12.6 Å². The van der Waals surface area contributed by atoms with E-state index in [1.807, 2.05) is 4.98 Å². The van der Waals surface area contributed by atoms with E-state index in [2.05, 4.69) is 25.8 Å². The summed E-state index contributed by atoms with van der Waals surface area (Å²) in [7, 11) is -16.6. The molecule has 0 aromatic carbocycles. The van der Waals surface area contributed by atoms with Crippen LogP contribution < -0.4 is 11.2 Å². The zero-order valence-electron chi connectivity index (χ0n) is 13.9. The lowest BCUT2D eigenvalue weighted by Gasteiger charge is -2.19.